The van der Waals surface area contributed by atoms with Crippen molar-refractivity contribution in [2.24, 2.45) is 0 Å². The van der Waals surface area contributed by atoms with E-state index in [0.717, 1.165) is 139 Å². The maximum atomic E-state index is 5.95. The molecule has 0 saturated carbocycles. The third kappa shape index (κ3) is 9.06. The second-order valence-corrected chi connectivity index (χ2v) is 22.7. The summed E-state index contributed by atoms with van der Waals surface area (Å²) in [5.41, 5.74) is 28.9. The van der Waals surface area contributed by atoms with E-state index in [9.17, 15) is 0 Å². The molecule has 0 fully saturated rings. The van der Waals surface area contributed by atoms with Crippen LogP contribution >= 0.6 is 9.24 Å². The molecule has 2 aliphatic rings. The Morgan fingerprint density at radius 3 is 1.19 bits per heavy atom. The molecule has 2 aliphatic heterocycles. The summed E-state index contributed by atoms with van der Waals surface area (Å²) in [6, 6.07) is 64.0. The Morgan fingerprint density at radius 1 is 0.400 bits per heavy atom. The predicted octanol–water partition coefficient (Wildman–Crippen LogP) is 19.0. The Morgan fingerprint density at radius 2 is 0.787 bits per heavy atom. The van der Waals surface area contributed by atoms with Crippen LogP contribution in [0.1, 0.15) is 117 Å². The monoisotopic (exact) mass is 992 g/mol. The Hall–Kier alpha value is -7.91. The zero-order valence-electron chi connectivity index (χ0n) is 44.9. The number of aromatic nitrogens is 4. The molecule has 0 saturated heterocycles. The number of aryl methyl sites for hydroxylation is 2. The molecule has 370 valence electrons. The van der Waals surface area contributed by atoms with E-state index in [1.165, 1.54) is 11.1 Å². The molecule has 3 aromatic heterocycles. The number of nitrogens with one attached hydrogen (secondary N) is 2. The molecule has 2 N–H and O–H groups in total. The molecule has 9 aromatic rings. The standard InChI is InChI=1S/C70H65N4P/c1-42-59(47-25-15-11-16-26-47)55-40-57-61(49-29-19-13-20-30-49)44(3)67(73-57)64(52-37-53(69(5,6)7)39-54(38-52)70(8,9)10)68-45(4)62(50-31-21-14-22-32-50)58(74-68)41-56-60(48-27-17-12-18-28-48)43(2)66(72-56)63(65(42)71-55)51-33-23-24-46(36-51)34-35-75/h11-41,71,74H,75H2,1-10H3/b35-34+,55-40?,56-41?,57-40?,58-41?,65-63?,66-63?,67-64?,68-64?. The largest absolute Gasteiger partial charge is 0.354 e. The first-order valence-electron chi connectivity index (χ1n) is 26.2. The van der Waals surface area contributed by atoms with Crippen molar-refractivity contribution in [2.45, 2.75) is 80.1 Å². The van der Waals surface area contributed by atoms with Gasteiger partial charge in [-0.2, -0.15) is 0 Å². The van der Waals surface area contributed by atoms with Crippen LogP contribution in [-0.2, 0) is 10.8 Å². The number of fused-ring (bicyclic) bond motifs is 8. The average Bonchev–Trinajstić information content (AvgIpc) is 4.17. The highest BCUT2D eigenvalue weighted by molar-refractivity contribution is 7.21. The van der Waals surface area contributed by atoms with Crippen LogP contribution in [-0.4, -0.2) is 19.9 Å². The molecular weight excluding hydrogens is 928 g/mol. The number of hydrogen-bond donors (Lipinski definition) is 2. The van der Waals surface area contributed by atoms with E-state index in [-0.39, 0.29) is 10.8 Å². The van der Waals surface area contributed by atoms with Gasteiger partial charge < -0.3 is 9.97 Å². The summed E-state index contributed by atoms with van der Waals surface area (Å²) in [5, 5.41) is 0. The van der Waals surface area contributed by atoms with Gasteiger partial charge in [0.05, 0.1) is 33.8 Å². The molecule has 5 heteroatoms. The summed E-state index contributed by atoms with van der Waals surface area (Å²) in [6.45, 7) is 23.0. The average molecular weight is 993 g/mol. The van der Waals surface area contributed by atoms with Gasteiger partial charge in [-0.3, -0.25) is 0 Å². The molecule has 8 bridgehead atoms. The highest BCUT2D eigenvalue weighted by Gasteiger charge is 2.30. The quantitative estimate of drug-likeness (QED) is 0.156. The smallest absolute Gasteiger partial charge is 0.0772 e. The van der Waals surface area contributed by atoms with Gasteiger partial charge >= 0.3 is 0 Å². The van der Waals surface area contributed by atoms with E-state index < -0.39 is 0 Å². The normalized spacial score (nSPS) is 13.1. The highest BCUT2D eigenvalue weighted by Crippen LogP contribution is 2.48. The van der Waals surface area contributed by atoms with Crippen molar-refractivity contribution in [3.63, 3.8) is 0 Å². The molecule has 0 amide bonds. The van der Waals surface area contributed by atoms with Crippen LogP contribution in [0.25, 0.3) is 94.9 Å². The molecule has 4 nitrogen and oxygen atoms in total. The zero-order chi connectivity index (χ0) is 52.3. The van der Waals surface area contributed by atoms with Gasteiger partial charge in [-0.25, -0.2) is 9.97 Å². The van der Waals surface area contributed by atoms with Gasteiger partial charge in [0.25, 0.3) is 0 Å². The first-order valence-corrected chi connectivity index (χ1v) is 26.9. The second kappa shape index (κ2) is 19.4. The van der Waals surface area contributed by atoms with Gasteiger partial charge in [-0.1, -0.05) is 211 Å². The van der Waals surface area contributed by atoms with E-state index in [0.29, 0.717) is 0 Å². The number of benzene rings is 6. The third-order valence-corrected chi connectivity index (χ3v) is 15.4. The van der Waals surface area contributed by atoms with E-state index in [1.807, 2.05) is 5.82 Å². The molecule has 75 heavy (non-hydrogen) atoms. The van der Waals surface area contributed by atoms with E-state index in [4.69, 9.17) is 9.97 Å². The van der Waals surface area contributed by atoms with Gasteiger partial charge in [0.1, 0.15) is 0 Å². The summed E-state index contributed by atoms with van der Waals surface area (Å²) < 4.78 is 0. The second-order valence-electron chi connectivity index (χ2n) is 22.3. The molecule has 1 atom stereocenters. The number of hydrogen-bond acceptors (Lipinski definition) is 2. The van der Waals surface area contributed by atoms with Gasteiger partial charge in [-0.15, -0.1) is 9.24 Å². The van der Waals surface area contributed by atoms with Gasteiger partial charge in [-0.05, 0) is 129 Å². The van der Waals surface area contributed by atoms with Crippen molar-refractivity contribution in [3.05, 3.63) is 243 Å². The van der Waals surface area contributed by atoms with Gasteiger partial charge in [0, 0.05) is 44.4 Å². The lowest BCUT2D eigenvalue weighted by Gasteiger charge is -2.26. The van der Waals surface area contributed by atoms with Crippen molar-refractivity contribution in [3.8, 4) is 44.5 Å². The van der Waals surface area contributed by atoms with Crippen LogP contribution < -0.4 is 0 Å². The lowest BCUT2D eigenvalue weighted by molar-refractivity contribution is 0.569. The minimum atomic E-state index is -0.122. The zero-order valence-corrected chi connectivity index (χ0v) is 46.0. The van der Waals surface area contributed by atoms with Crippen molar-refractivity contribution in [1.82, 2.24) is 19.9 Å². The maximum Gasteiger partial charge on any atom is 0.0772 e. The minimum Gasteiger partial charge on any atom is -0.354 e. The molecule has 6 aromatic carbocycles. The number of rotatable bonds is 7. The number of nitrogens with zero attached hydrogens (tertiary/aromatic N) is 2. The highest BCUT2D eigenvalue weighted by atomic mass is 31.0. The SMILES string of the molecule is CC1=C(c2ccccc2)c2cc3[nH]c(c(C)c3-c3ccccc3)c(-c3cccc(/C=C/P)c3)c3nc(cc4[nH]c(c(C)c4-c4ccccc4)c(-c4cc(C(C)(C)C)cc(C(C)(C)C)c4)c1n2)C(c1ccccc1)=C3C. The van der Waals surface area contributed by atoms with E-state index >= 15 is 0 Å². The summed E-state index contributed by atoms with van der Waals surface area (Å²) in [4.78, 5) is 20.1. The van der Waals surface area contributed by atoms with Crippen molar-refractivity contribution in [1.29, 1.82) is 0 Å². The number of allylic oxidation sites excluding steroid dienone is 2. The fraction of sp³-hybridized carbons (Fsp3) is 0.171. The van der Waals surface area contributed by atoms with Crippen LogP contribution in [0.2, 0.25) is 0 Å². The van der Waals surface area contributed by atoms with Crippen LogP contribution in [0.4, 0.5) is 0 Å². The molecule has 0 spiro atoms. The van der Waals surface area contributed by atoms with E-state index in [1.54, 1.807) is 0 Å². The van der Waals surface area contributed by atoms with Crippen molar-refractivity contribution < 1.29 is 0 Å². The van der Waals surface area contributed by atoms with Crippen molar-refractivity contribution >= 4 is 59.7 Å². The number of H-pyrrole nitrogens is 2. The Kier molecular flexibility index (Phi) is 12.8. The fourth-order valence-corrected chi connectivity index (χ4v) is 11.5. The summed E-state index contributed by atoms with van der Waals surface area (Å²) in [7, 11) is 2.74. The molecular formula is C70H65N4P. The van der Waals surface area contributed by atoms with Crippen LogP contribution in [0.5, 0.6) is 0 Å². The van der Waals surface area contributed by atoms with Crippen molar-refractivity contribution in [2.75, 3.05) is 0 Å². The first kappa shape index (κ1) is 49.3. The molecule has 0 radical (unpaired) electrons. The first-order chi connectivity index (χ1) is 36.1. The molecule has 0 aliphatic carbocycles. The lowest BCUT2D eigenvalue weighted by atomic mass is 9.78. The topological polar surface area (TPSA) is 57.4 Å². The summed E-state index contributed by atoms with van der Waals surface area (Å²) in [5.74, 6) is 2.02. The Labute approximate surface area is 445 Å². The molecule has 5 heterocycles. The predicted molar refractivity (Wildman–Crippen MR) is 324 cm³/mol. The molecule has 1 unspecified atom stereocenters. The Balaban J connectivity index is 1.44. The van der Waals surface area contributed by atoms with Gasteiger partial charge in [0.2, 0.25) is 0 Å². The summed E-state index contributed by atoms with van der Waals surface area (Å²) >= 11 is 0. The van der Waals surface area contributed by atoms with E-state index in [2.05, 4.69) is 270 Å². The minimum absolute atomic E-state index is 0.122. The third-order valence-electron chi connectivity index (χ3n) is 15.2. The van der Waals surface area contributed by atoms with Crippen LogP contribution in [0, 0.1) is 13.8 Å². The van der Waals surface area contributed by atoms with Crippen LogP contribution in [0.3, 0.4) is 0 Å². The summed E-state index contributed by atoms with van der Waals surface area (Å²) in [6.07, 6.45) is 2.14. The maximum absolute atomic E-state index is 5.95. The fourth-order valence-electron chi connectivity index (χ4n) is 11.3. The van der Waals surface area contributed by atoms with Crippen LogP contribution in [0.15, 0.2) is 182 Å². The Bertz CT molecular complexity index is 3940. The lowest BCUT2D eigenvalue weighted by Crippen LogP contribution is -2.16. The van der Waals surface area contributed by atoms with Gasteiger partial charge in [0.15, 0.2) is 0 Å². The molecule has 11 rings (SSSR count). The number of aromatic amines is 2.